The van der Waals surface area contributed by atoms with E-state index in [0.717, 1.165) is 12.8 Å². The lowest BCUT2D eigenvalue weighted by atomic mass is 9.98. The van der Waals surface area contributed by atoms with Crippen LogP contribution in [0.4, 0.5) is 15.4 Å². The molecule has 1 aliphatic rings. The average molecular weight is 352 g/mol. The molecule has 1 aliphatic heterocycles. The number of piperidine rings is 1. The van der Waals surface area contributed by atoms with Crippen LogP contribution in [0.3, 0.4) is 0 Å². The highest BCUT2D eigenvalue weighted by atomic mass is 16.6. The molecule has 1 aromatic heterocycles. The van der Waals surface area contributed by atoms with Crippen LogP contribution in [0.5, 0.6) is 0 Å². The van der Waals surface area contributed by atoms with E-state index in [-0.39, 0.29) is 18.0 Å². The van der Waals surface area contributed by atoms with E-state index in [0.29, 0.717) is 31.2 Å². The summed E-state index contributed by atoms with van der Waals surface area (Å²) in [7, 11) is 1.73. The van der Waals surface area contributed by atoms with Crippen LogP contribution >= 0.6 is 0 Å². The minimum atomic E-state index is -0.514. The summed E-state index contributed by atoms with van der Waals surface area (Å²) in [4.78, 5) is 27.8. The van der Waals surface area contributed by atoms with Crippen molar-refractivity contribution < 1.29 is 18.8 Å². The van der Waals surface area contributed by atoms with E-state index in [1.165, 1.54) is 0 Å². The van der Waals surface area contributed by atoms with Crippen molar-refractivity contribution in [1.29, 1.82) is 0 Å². The maximum atomic E-state index is 12.4. The van der Waals surface area contributed by atoms with E-state index in [2.05, 4.69) is 10.5 Å². The third kappa shape index (κ3) is 5.95. The normalized spacial score (nSPS) is 18.0. The number of rotatable bonds is 3. The fraction of sp³-hybridized carbons (Fsp3) is 0.706. The number of urea groups is 1. The number of nitrogens with one attached hydrogen (secondary N) is 1. The second-order valence-corrected chi connectivity index (χ2v) is 7.57. The largest absolute Gasteiger partial charge is 0.444 e. The Labute approximate surface area is 148 Å². The number of aromatic nitrogens is 1. The average Bonchev–Trinajstić information content (AvgIpc) is 2.91. The Morgan fingerprint density at radius 1 is 1.48 bits per heavy atom. The molecule has 1 saturated heterocycles. The molecule has 2 heterocycles. The lowest BCUT2D eigenvalue weighted by Gasteiger charge is -2.34. The summed E-state index contributed by atoms with van der Waals surface area (Å²) in [5, 5.41) is 6.51. The summed E-state index contributed by atoms with van der Waals surface area (Å²) < 4.78 is 10.3. The lowest BCUT2D eigenvalue weighted by molar-refractivity contribution is 0.0253. The molecule has 0 aromatic carbocycles. The van der Waals surface area contributed by atoms with Crippen molar-refractivity contribution in [3.05, 3.63) is 11.8 Å². The second-order valence-electron chi connectivity index (χ2n) is 7.57. The van der Waals surface area contributed by atoms with Crippen LogP contribution in [0.15, 0.2) is 10.6 Å². The van der Waals surface area contributed by atoms with Gasteiger partial charge in [0.05, 0.1) is 0 Å². The number of hydrogen-bond donors (Lipinski definition) is 1. The fourth-order valence-electron chi connectivity index (χ4n) is 2.81. The standard InChI is InChI=1S/C17H28N4O4/c1-12-9-14(19-25-12)18-15(22)21-8-6-7-13(11-21)10-20(5)16(23)24-17(2,3)4/h9,13H,6-8,10-11H2,1-5H3,(H,18,19,22)/t13-/m0/s1. The summed E-state index contributed by atoms with van der Waals surface area (Å²) in [6.07, 6.45) is 1.53. The monoisotopic (exact) mass is 352 g/mol. The lowest BCUT2D eigenvalue weighted by Crippen LogP contribution is -2.46. The number of anilines is 1. The van der Waals surface area contributed by atoms with Crippen LogP contribution < -0.4 is 5.32 Å². The number of nitrogens with zero attached hydrogens (tertiary/aromatic N) is 3. The van der Waals surface area contributed by atoms with Gasteiger partial charge in [-0.05, 0) is 46.5 Å². The highest BCUT2D eigenvalue weighted by Crippen LogP contribution is 2.19. The first-order valence-electron chi connectivity index (χ1n) is 8.57. The van der Waals surface area contributed by atoms with Gasteiger partial charge in [0.25, 0.3) is 0 Å². The number of ether oxygens (including phenoxy) is 1. The van der Waals surface area contributed by atoms with E-state index < -0.39 is 5.60 Å². The molecule has 0 saturated carbocycles. The maximum Gasteiger partial charge on any atom is 0.410 e. The van der Waals surface area contributed by atoms with Gasteiger partial charge in [-0.1, -0.05) is 5.16 Å². The Balaban J connectivity index is 1.85. The Kier molecular flexibility index (Phi) is 5.92. The van der Waals surface area contributed by atoms with Crippen molar-refractivity contribution in [2.75, 3.05) is 32.0 Å². The van der Waals surface area contributed by atoms with Crippen molar-refractivity contribution >= 4 is 17.9 Å². The van der Waals surface area contributed by atoms with Gasteiger partial charge in [-0.3, -0.25) is 5.32 Å². The molecule has 1 atom stereocenters. The predicted molar refractivity (Wildman–Crippen MR) is 93.4 cm³/mol. The zero-order valence-electron chi connectivity index (χ0n) is 15.7. The van der Waals surface area contributed by atoms with Crippen molar-refractivity contribution in [2.24, 2.45) is 5.92 Å². The van der Waals surface area contributed by atoms with Gasteiger partial charge in [0.1, 0.15) is 11.4 Å². The van der Waals surface area contributed by atoms with E-state index in [9.17, 15) is 9.59 Å². The second kappa shape index (κ2) is 7.76. The van der Waals surface area contributed by atoms with Gasteiger partial charge in [-0.15, -0.1) is 0 Å². The fourth-order valence-corrected chi connectivity index (χ4v) is 2.81. The molecule has 3 amide bonds. The van der Waals surface area contributed by atoms with Gasteiger partial charge < -0.3 is 19.1 Å². The van der Waals surface area contributed by atoms with Crippen molar-refractivity contribution in [2.45, 2.75) is 46.1 Å². The number of hydrogen-bond acceptors (Lipinski definition) is 5. The number of aryl methyl sites for hydroxylation is 1. The molecule has 1 aromatic rings. The van der Waals surface area contributed by atoms with Crippen LogP contribution in [0.25, 0.3) is 0 Å². The van der Waals surface area contributed by atoms with Crippen LogP contribution in [-0.2, 0) is 4.74 Å². The molecule has 0 aliphatic carbocycles. The Bertz CT molecular complexity index is 608. The quantitative estimate of drug-likeness (QED) is 0.903. The summed E-state index contributed by atoms with van der Waals surface area (Å²) in [5.74, 6) is 1.28. The van der Waals surface area contributed by atoms with Crippen molar-refractivity contribution in [3.8, 4) is 0 Å². The van der Waals surface area contributed by atoms with Crippen LogP contribution in [-0.4, -0.2) is 59.4 Å². The van der Waals surface area contributed by atoms with Crippen LogP contribution in [0, 0.1) is 12.8 Å². The first kappa shape index (κ1) is 19.1. The molecular formula is C17H28N4O4. The zero-order chi connectivity index (χ0) is 18.6. The smallest absolute Gasteiger partial charge is 0.410 e. The number of carbonyl (C=O) groups excluding carboxylic acids is 2. The van der Waals surface area contributed by atoms with E-state index in [4.69, 9.17) is 9.26 Å². The SMILES string of the molecule is Cc1cc(NC(=O)N2CCC[C@@H](CN(C)C(=O)OC(C)(C)C)C2)no1. The number of likely N-dealkylation sites (tertiary alicyclic amines) is 1. The third-order valence-corrected chi connectivity index (χ3v) is 3.91. The topological polar surface area (TPSA) is 87.9 Å². The minimum Gasteiger partial charge on any atom is -0.444 e. The summed E-state index contributed by atoms with van der Waals surface area (Å²) in [5.41, 5.74) is -0.514. The first-order valence-corrected chi connectivity index (χ1v) is 8.57. The molecule has 140 valence electrons. The van der Waals surface area contributed by atoms with E-state index in [1.54, 1.807) is 29.8 Å². The highest BCUT2D eigenvalue weighted by molar-refractivity contribution is 5.88. The Morgan fingerprint density at radius 2 is 2.20 bits per heavy atom. The molecule has 25 heavy (non-hydrogen) atoms. The predicted octanol–water partition coefficient (Wildman–Crippen LogP) is 3.09. The van der Waals surface area contributed by atoms with Crippen LogP contribution in [0.2, 0.25) is 0 Å². The molecule has 1 fully saturated rings. The van der Waals surface area contributed by atoms with Crippen LogP contribution in [0.1, 0.15) is 39.4 Å². The molecule has 1 N–H and O–H groups in total. The molecule has 0 spiro atoms. The Hall–Kier alpha value is -2.25. The van der Waals surface area contributed by atoms with Gasteiger partial charge in [0, 0.05) is 32.7 Å². The molecular weight excluding hydrogens is 324 g/mol. The number of carbonyl (C=O) groups is 2. The first-order chi connectivity index (χ1) is 11.6. The molecule has 0 bridgehead atoms. The zero-order valence-corrected chi connectivity index (χ0v) is 15.7. The molecule has 8 heteroatoms. The van der Waals surface area contributed by atoms with Gasteiger partial charge in [-0.25, -0.2) is 9.59 Å². The molecule has 0 unspecified atom stereocenters. The van der Waals surface area contributed by atoms with Gasteiger partial charge in [0.15, 0.2) is 5.82 Å². The van der Waals surface area contributed by atoms with Gasteiger partial charge in [-0.2, -0.15) is 0 Å². The summed E-state index contributed by atoms with van der Waals surface area (Å²) in [6, 6.07) is 1.48. The Morgan fingerprint density at radius 3 is 2.80 bits per heavy atom. The number of amides is 3. The molecule has 0 radical (unpaired) electrons. The van der Waals surface area contributed by atoms with E-state index in [1.807, 2.05) is 20.8 Å². The summed E-state index contributed by atoms with van der Waals surface area (Å²) in [6.45, 7) is 9.14. The minimum absolute atomic E-state index is 0.196. The molecule has 2 rings (SSSR count). The highest BCUT2D eigenvalue weighted by Gasteiger charge is 2.27. The van der Waals surface area contributed by atoms with Crippen molar-refractivity contribution in [1.82, 2.24) is 15.0 Å². The van der Waals surface area contributed by atoms with Gasteiger partial charge in [0.2, 0.25) is 0 Å². The van der Waals surface area contributed by atoms with Crippen molar-refractivity contribution in [3.63, 3.8) is 0 Å². The molecule has 8 nitrogen and oxygen atoms in total. The van der Waals surface area contributed by atoms with Gasteiger partial charge >= 0.3 is 12.1 Å². The van der Waals surface area contributed by atoms with E-state index >= 15 is 0 Å². The third-order valence-electron chi connectivity index (χ3n) is 3.91. The maximum absolute atomic E-state index is 12.4. The summed E-state index contributed by atoms with van der Waals surface area (Å²) >= 11 is 0.